The molecule has 2 heterocycles. The number of benzene rings is 1. The van der Waals surface area contributed by atoms with Gasteiger partial charge in [0.25, 0.3) is 5.95 Å². The Kier molecular flexibility index (Phi) is 5.62. The van der Waals surface area contributed by atoms with Gasteiger partial charge in [0.1, 0.15) is 12.1 Å². The molecule has 0 atom stereocenters. The summed E-state index contributed by atoms with van der Waals surface area (Å²) in [5, 5.41) is 10.8. The van der Waals surface area contributed by atoms with Crippen molar-refractivity contribution >= 4 is 23.7 Å². The monoisotopic (exact) mass is 358 g/mol. The van der Waals surface area contributed by atoms with Crippen LogP contribution in [0.25, 0.3) is 5.95 Å². The van der Waals surface area contributed by atoms with Gasteiger partial charge in [0.15, 0.2) is 0 Å². The van der Waals surface area contributed by atoms with E-state index in [1.54, 1.807) is 20.4 Å². The SMILES string of the molecule is CNc1nc(NC)nc(-n2cnc(SCCOc3ccccc3)n2)n1. The largest absolute Gasteiger partial charge is 0.493 e. The second kappa shape index (κ2) is 8.29. The molecule has 2 N–H and O–H groups in total. The summed E-state index contributed by atoms with van der Waals surface area (Å²) >= 11 is 1.50. The molecule has 3 aromatic rings. The van der Waals surface area contributed by atoms with Crippen molar-refractivity contribution in [3.05, 3.63) is 36.7 Å². The Morgan fingerprint density at radius 1 is 1.04 bits per heavy atom. The highest BCUT2D eigenvalue weighted by atomic mass is 32.2. The lowest BCUT2D eigenvalue weighted by Crippen LogP contribution is -2.09. The fourth-order valence-corrected chi connectivity index (χ4v) is 2.53. The maximum absolute atomic E-state index is 5.65. The maximum atomic E-state index is 5.65. The molecule has 0 saturated carbocycles. The first kappa shape index (κ1) is 17.0. The Morgan fingerprint density at radius 3 is 2.44 bits per heavy atom. The Balaban J connectivity index is 1.59. The topological polar surface area (TPSA) is 103 Å². The van der Waals surface area contributed by atoms with E-state index in [9.17, 15) is 0 Å². The molecule has 130 valence electrons. The molecule has 0 fully saturated rings. The number of ether oxygens (including phenoxy) is 1. The highest BCUT2D eigenvalue weighted by Crippen LogP contribution is 2.15. The Bertz CT molecular complexity index is 788. The molecule has 25 heavy (non-hydrogen) atoms. The lowest BCUT2D eigenvalue weighted by atomic mass is 10.3. The van der Waals surface area contributed by atoms with E-state index >= 15 is 0 Å². The summed E-state index contributed by atoms with van der Waals surface area (Å²) in [5.74, 6) is 2.89. The van der Waals surface area contributed by atoms with E-state index in [0.717, 1.165) is 11.5 Å². The number of para-hydroxylation sites is 1. The third kappa shape index (κ3) is 4.57. The Labute approximate surface area is 149 Å². The number of nitrogens with one attached hydrogen (secondary N) is 2. The van der Waals surface area contributed by atoms with Crippen LogP contribution in [-0.2, 0) is 0 Å². The molecule has 0 aliphatic heterocycles. The number of nitrogens with zero attached hydrogens (tertiary/aromatic N) is 6. The molecule has 0 radical (unpaired) electrons. The molecular weight excluding hydrogens is 340 g/mol. The third-order valence-electron chi connectivity index (χ3n) is 3.07. The smallest absolute Gasteiger partial charge is 0.258 e. The molecule has 0 spiro atoms. The highest BCUT2D eigenvalue weighted by molar-refractivity contribution is 7.99. The van der Waals surface area contributed by atoms with Crippen molar-refractivity contribution in [3.8, 4) is 11.7 Å². The van der Waals surface area contributed by atoms with Crippen molar-refractivity contribution in [2.24, 2.45) is 0 Å². The third-order valence-corrected chi connectivity index (χ3v) is 3.89. The number of hydrogen-bond acceptors (Lipinski definition) is 9. The lowest BCUT2D eigenvalue weighted by molar-refractivity contribution is 0.344. The molecule has 0 amide bonds. The molecule has 0 aliphatic rings. The summed E-state index contributed by atoms with van der Waals surface area (Å²) in [6.07, 6.45) is 1.58. The van der Waals surface area contributed by atoms with Crippen LogP contribution in [0.5, 0.6) is 5.75 Å². The van der Waals surface area contributed by atoms with Crippen LogP contribution in [0.2, 0.25) is 0 Å². The summed E-state index contributed by atoms with van der Waals surface area (Å²) < 4.78 is 7.16. The van der Waals surface area contributed by atoms with Crippen LogP contribution in [0.1, 0.15) is 0 Å². The first-order valence-electron chi connectivity index (χ1n) is 7.63. The average molecular weight is 358 g/mol. The zero-order valence-electron chi connectivity index (χ0n) is 13.9. The second-order valence-electron chi connectivity index (χ2n) is 4.76. The summed E-state index contributed by atoms with van der Waals surface area (Å²) in [4.78, 5) is 17.0. The van der Waals surface area contributed by atoms with Gasteiger partial charge in [-0.1, -0.05) is 30.0 Å². The van der Waals surface area contributed by atoms with Crippen molar-refractivity contribution in [2.45, 2.75) is 5.16 Å². The molecule has 0 bridgehead atoms. The van der Waals surface area contributed by atoms with Crippen molar-refractivity contribution in [2.75, 3.05) is 37.1 Å². The quantitative estimate of drug-likeness (QED) is 0.460. The van der Waals surface area contributed by atoms with Gasteiger partial charge in [-0.2, -0.15) is 19.6 Å². The van der Waals surface area contributed by atoms with Crippen molar-refractivity contribution < 1.29 is 4.74 Å². The molecule has 0 unspecified atom stereocenters. The van der Waals surface area contributed by atoms with Crippen molar-refractivity contribution in [1.29, 1.82) is 0 Å². The summed E-state index contributed by atoms with van der Waals surface area (Å²) in [6.45, 7) is 0.572. The summed E-state index contributed by atoms with van der Waals surface area (Å²) in [7, 11) is 3.49. The molecule has 9 nitrogen and oxygen atoms in total. The zero-order valence-corrected chi connectivity index (χ0v) is 14.7. The van der Waals surface area contributed by atoms with E-state index in [2.05, 4.69) is 35.7 Å². The molecule has 10 heteroatoms. The van der Waals surface area contributed by atoms with Crippen LogP contribution < -0.4 is 15.4 Å². The van der Waals surface area contributed by atoms with Gasteiger partial charge in [0.05, 0.1) is 6.61 Å². The fourth-order valence-electron chi connectivity index (χ4n) is 1.91. The van der Waals surface area contributed by atoms with Gasteiger partial charge in [0, 0.05) is 19.8 Å². The van der Waals surface area contributed by atoms with Crippen LogP contribution in [0, 0.1) is 0 Å². The van der Waals surface area contributed by atoms with E-state index in [0.29, 0.717) is 29.6 Å². The standard InChI is InChI=1S/C15H18N8OS/c1-16-12-19-13(17-2)21-14(20-12)23-10-18-15(22-23)25-9-8-24-11-6-4-3-5-7-11/h3-7,10H,8-9H2,1-2H3,(H2,16,17,19,20,21). The highest BCUT2D eigenvalue weighted by Gasteiger charge is 2.09. The summed E-state index contributed by atoms with van der Waals surface area (Å²) in [6, 6.07) is 9.70. The van der Waals surface area contributed by atoms with Crippen LogP contribution in [0.3, 0.4) is 0 Å². The average Bonchev–Trinajstić information content (AvgIpc) is 3.14. The number of anilines is 2. The minimum Gasteiger partial charge on any atom is -0.493 e. The van der Waals surface area contributed by atoms with Gasteiger partial charge < -0.3 is 15.4 Å². The number of thioether (sulfide) groups is 1. The van der Waals surface area contributed by atoms with Gasteiger partial charge in [-0.3, -0.25) is 0 Å². The van der Waals surface area contributed by atoms with E-state index in [1.165, 1.54) is 16.4 Å². The normalized spacial score (nSPS) is 10.5. The van der Waals surface area contributed by atoms with Gasteiger partial charge in [-0.15, -0.1) is 5.10 Å². The van der Waals surface area contributed by atoms with Crippen LogP contribution >= 0.6 is 11.8 Å². The first-order chi connectivity index (χ1) is 12.3. The lowest BCUT2D eigenvalue weighted by Gasteiger charge is -2.05. The van der Waals surface area contributed by atoms with Crippen molar-refractivity contribution in [3.63, 3.8) is 0 Å². The van der Waals surface area contributed by atoms with Crippen LogP contribution in [0.4, 0.5) is 11.9 Å². The van der Waals surface area contributed by atoms with Crippen molar-refractivity contribution in [1.82, 2.24) is 29.7 Å². The number of aromatic nitrogens is 6. The maximum Gasteiger partial charge on any atom is 0.258 e. The number of rotatable bonds is 8. The molecule has 0 aliphatic carbocycles. The molecule has 3 rings (SSSR count). The first-order valence-corrected chi connectivity index (χ1v) is 8.61. The molecule has 2 aromatic heterocycles. The number of hydrogen-bond donors (Lipinski definition) is 2. The van der Waals surface area contributed by atoms with Gasteiger partial charge in [0.2, 0.25) is 17.1 Å². The van der Waals surface area contributed by atoms with Gasteiger partial charge >= 0.3 is 0 Å². The fraction of sp³-hybridized carbons (Fsp3) is 0.267. The van der Waals surface area contributed by atoms with Crippen LogP contribution in [-0.4, -0.2) is 56.2 Å². The van der Waals surface area contributed by atoms with Crippen LogP contribution in [0.15, 0.2) is 41.8 Å². The second-order valence-corrected chi connectivity index (χ2v) is 5.83. The minimum atomic E-state index is 0.392. The van der Waals surface area contributed by atoms with E-state index < -0.39 is 0 Å². The predicted octanol–water partition coefficient (Wildman–Crippen LogP) is 1.71. The minimum absolute atomic E-state index is 0.392. The molecule has 0 saturated heterocycles. The summed E-state index contributed by atoms with van der Waals surface area (Å²) in [5.41, 5.74) is 0. The van der Waals surface area contributed by atoms with Gasteiger partial charge in [-0.25, -0.2) is 4.98 Å². The van der Waals surface area contributed by atoms with E-state index in [1.807, 2.05) is 30.3 Å². The molecular formula is C15H18N8OS. The molecule has 1 aromatic carbocycles. The van der Waals surface area contributed by atoms with Gasteiger partial charge in [-0.05, 0) is 12.1 Å². The Morgan fingerprint density at radius 2 is 1.76 bits per heavy atom. The van der Waals surface area contributed by atoms with E-state index in [4.69, 9.17) is 4.74 Å². The zero-order chi connectivity index (χ0) is 17.5. The Hall–Kier alpha value is -2.88. The predicted molar refractivity (Wildman–Crippen MR) is 96.5 cm³/mol. The van der Waals surface area contributed by atoms with E-state index in [-0.39, 0.29) is 0 Å².